The predicted octanol–water partition coefficient (Wildman–Crippen LogP) is 3.93. The van der Waals surface area contributed by atoms with Crippen LogP contribution in [0.4, 0.5) is 4.39 Å². The van der Waals surface area contributed by atoms with Crippen molar-refractivity contribution < 1.29 is 14.3 Å². The van der Waals surface area contributed by atoms with Gasteiger partial charge in [0.2, 0.25) is 0 Å². The second kappa shape index (κ2) is 6.56. The summed E-state index contributed by atoms with van der Waals surface area (Å²) in [6, 6.07) is 4.62. The molecule has 0 spiro atoms. The van der Waals surface area contributed by atoms with Gasteiger partial charge in [0.15, 0.2) is 0 Å². The van der Waals surface area contributed by atoms with Crippen LogP contribution in [0.3, 0.4) is 0 Å². The third-order valence-corrected chi connectivity index (χ3v) is 5.12. The number of rotatable bonds is 5. The number of carboxylic acids is 1. The smallest absolute Gasteiger partial charge is 0.338 e. The van der Waals surface area contributed by atoms with Crippen molar-refractivity contribution in [3.8, 4) is 0 Å². The van der Waals surface area contributed by atoms with Gasteiger partial charge in [-0.1, -0.05) is 38.8 Å². The average molecular weight is 293 g/mol. The van der Waals surface area contributed by atoms with Gasteiger partial charge in [-0.05, 0) is 37.4 Å². The highest BCUT2D eigenvalue weighted by molar-refractivity contribution is 5.88. The predicted molar refractivity (Wildman–Crippen MR) is 80.9 cm³/mol. The van der Waals surface area contributed by atoms with Crippen molar-refractivity contribution >= 4 is 5.97 Å². The Morgan fingerprint density at radius 2 is 1.90 bits per heavy atom. The number of carbonyl (C=O) groups is 1. The molecule has 0 atom stereocenters. The van der Waals surface area contributed by atoms with Gasteiger partial charge in [-0.2, -0.15) is 0 Å². The van der Waals surface area contributed by atoms with E-state index in [1.165, 1.54) is 18.9 Å². The number of benzene rings is 1. The molecule has 0 bridgehead atoms. The first-order valence-corrected chi connectivity index (χ1v) is 7.74. The van der Waals surface area contributed by atoms with Gasteiger partial charge in [0.05, 0.1) is 5.56 Å². The van der Waals surface area contributed by atoms with Crippen LogP contribution in [0.25, 0.3) is 0 Å². The van der Waals surface area contributed by atoms with Gasteiger partial charge in [-0.15, -0.1) is 0 Å². The van der Waals surface area contributed by atoms with Crippen LogP contribution in [-0.2, 0) is 6.54 Å². The second-order valence-corrected chi connectivity index (χ2v) is 6.07. The van der Waals surface area contributed by atoms with Crippen molar-refractivity contribution in [1.82, 2.24) is 4.90 Å². The molecule has 4 heteroatoms. The molecule has 1 aromatic carbocycles. The number of nitrogens with zero attached hydrogens (tertiary/aromatic N) is 1. The van der Waals surface area contributed by atoms with E-state index in [9.17, 15) is 9.18 Å². The molecule has 0 amide bonds. The lowest BCUT2D eigenvalue weighted by molar-refractivity contribution is 0.0690. The summed E-state index contributed by atoms with van der Waals surface area (Å²) in [7, 11) is 0. The van der Waals surface area contributed by atoms with E-state index in [-0.39, 0.29) is 5.56 Å². The minimum atomic E-state index is -1.20. The molecule has 1 saturated heterocycles. The highest BCUT2D eigenvalue weighted by Crippen LogP contribution is 2.38. The van der Waals surface area contributed by atoms with Crippen LogP contribution in [0.1, 0.15) is 55.5 Å². The van der Waals surface area contributed by atoms with Crippen molar-refractivity contribution in [2.24, 2.45) is 5.41 Å². The highest BCUT2D eigenvalue weighted by Gasteiger charge is 2.31. The molecule has 21 heavy (non-hydrogen) atoms. The maximum Gasteiger partial charge on any atom is 0.338 e. The van der Waals surface area contributed by atoms with E-state index < -0.39 is 11.8 Å². The Labute approximate surface area is 125 Å². The van der Waals surface area contributed by atoms with E-state index in [1.807, 2.05) is 0 Å². The zero-order valence-corrected chi connectivity index (χ0v) is 12.9. The molecule has 0 aromatic heterocycles. The second-order valence-electron chi connectivity index (χ2n) is 6.07. The SMILES string of the molecule is CCC1(CC)CCN(Cc2cccc(C(=O)O)c2F)CC1. The summed E-state index contributed by atoms with van der Waals surface area (Å²) in [6.45, 7) is 6.90. The van der Waals surface area contributed by atoms with Gasteiger partial charge < -0.3 is 5.11 Å². The van der Waals surface area contributed by atoms with Crippen LogP contribution in [0, 0.1) is 11.2 Å². The first-order chi connectivity index (χ1) is 10.0. The molecule has 116 valence electrons. The van der Waals surface area contributed by atoms with Crippen molar-refractivity contribution in [3.63, 3.8) is 0 Å². The molecule has 1 aromatic rings. The largest absolute Gasteiger partial charge is 0.478 e. The fourth-order valence-electron chi connectivity index (χ4n) is 3.25. The van der Waals surface area contributed by atoms with Gasteiger partial charge >= 0.3 is 5.97 Å². The van der Waals surface area contributed by atoms with Crippen LogP contribution in [0.2, 0.25) is 0 Å². The third-order valence-electron chi connectivity index (χ3n) is 5.12. The molecule has 0 aliphatic carbocycles. The summed E-state index contributed by atoms with van der Waals surface area (Å²) < 4.78 is 14.2. The van der Waals surface area contributed by atoms with Crippen molar-refractivity contribution in [2.75, 3.05) is 13.1 Å². The summed E-state index contributed by atoms with van der Waals surface area (Å²) in [4.78, 5) is 13.2. The molecule has 0 radical (unpaired) electrons. The standard InChI is InChI=1S/C17H24FNO2/c1-3-17(4-2)8-10-19(11-9-17)12-13-6-5-7-14(15(13)18)16(20)21/h5-7H,3-4,8-12H2,1-2H3,(H,20,21). The Bertz CT molecular complexity index is 502. The normalized spacial score (nSPS) is 18.6. The van der Waals surface area contributed by atoms with E-state index in [0.29, 0.717) is 17.5 Å². The van der Waals surface area contributed by atoms with Crippen LogP contribution < -0.4 is 0 Å². The molecule has 0 saturated carbocycles. The third kappa shape index (κ3) is 3.43. The first kappa shape index (κ1) is 16.0. The molecule has 1 fully saturated rings. The molecular formula is C17H24FNO2. The molecule has 0 unspecified atom stereocenters. The molecule has 1 aliphatic rings. The van der Waals surface area contributed by atoms with Gasteiger partial charge in [0.1, 0.15) is 5.82 Å². The summed E-state index contributed by atoms with van der Waals surface area (Å²) in [5, 5.41) is 8.97. The zero-order chi connectivity index (χ0) is 15.5. The summed E-state index contributed by atoms with van der Waals surface area (Å²) >= 11 is 0. The number of carboxylic acid groups (broad SMARTS) is 1. The zero-order valence-electron chi connectivity index (χ0n) is 12.9. The van der Waals surface area contributed by atoms with Crippen LogP contribution in [0.15, 0.2) is 18.2 Å². The summed E-state index contributed by atoms with van der Waals surface area (Å²) in [6.07, 6.45) is 4.67. The van der Waals surface area contributed by atoms with Gasteiger partial charge in [-0.25, -0.2) is 9.18 Å². The Balaban J connectivity index is 2.04. The lowest BCUT2D eigenvalue weighted by Gasteiger charge is -2.41. The molecule has 2 rings (SSSR count). The van der Waals surface area contributed by atoms with Gasteiger partial charge in [0.25, 0.3) is 0 Å². The molecule has 1 aliphatic heterocycles. The van der Waals surface area contributed by atoms with E-state index in [2.05, 4.69) is 18.7 Å². The first-order valence-electron chi connectivity index (χ1n) is 7.74. The fraction of sp³-hybridized carbons (Fsp3) is 0.588. The Hall–Kier alpha value is -1.42. The lowest BCUT2D eigenvalue weighted by atomic mass is 9.74. The number of hydrogen-bond donors (Lipinski definition) is 1. The van der Waals surface area contributed by atoms with Crippen LogP contribution >= 0.6 is 0 Å². The summed E-state index contributed by atoms with van der Waals surface area (Å²) in [5.74, 6) is -1.79. The van der Waals surface area contributed by atoms with Gasteiger partial charge in [0, 0.05) is 12.1 Å². The molecule has 3 nitrogen and oxygen atoms in total. The van der Waals surface area contributed by atoms with E-state index in [0.717, 1.165) is 25.9 Å². The topological polar surface area (TPSA) is 40.5 Å². The quantitative estimate of drug-likeness (QED) is 0.894. The molecule has 1 N–H and O–H groups in total. The maximum absolute atomic E-state index is 14.2. The van der Waals surface area contributed by atoms with Crippen molar-refractivity contribution in [3.05, 3.63) is 35.1 Å². The summed E-state index contributed by atoms with van der Waals surface area (Å²) in [5.41, 5.74) is 0.689. The number of likely N-dealkylation sites (tertiary alicyclic amines) is 1. The Morgan fingerprint density at radius 3 is 2.43 bits per heavy atom. The lowest BCUT2D eigenvalue weighted by Crippen LogP contribution is -2.39. The van der Waals surface area contributed by atoms with E-state index in [1.54, 1.807) is 12.1 Å². The number of piperidine rings is 1. The molecular weight excluding hydrogens is 269 g/mol. The van der Waals surface area contributed by atoms with E-state index >= 15 is 0 Å². The molecule has 1 heterocycles. The number of halogens is 1. The van der Waals surface area contributed by atoms with Crippen molar-refractivity contribution in [1.29, 1.82) is 0 Å². The van der Waals surface area contributed by atoms with E-state index in [4.69, 9.17) is 5.11 Å². The highest BCUT2D eigenvalue weighted by atomic mass is 19.1. The van der Waals surface area contributed by atoms with Crippen LogP contribution in [-0.4, -0.2) is 29.1 Å². The minimum absolute atomic E-state index is 0.235. The monoisotopic (exact) mass is 293 g/mol. The van der Waals surface area contributed by atoms with Gasteiger partial charge in [-0.3, -0.25) is 4.90 Å². The number of aromatic carboxylic acids is 1. The Morgan fingerprint density at radius 1 is 1.29 bits per heavy atom. The van der Waals surface area contributed by atoms with Crippen LogP contribution in [0.5, 0.6) is 0 Å². The maximum atomic E-state index is 14.2. The fourth-order valence-corrected chi connectivity index (χ4v) is 3.25. The average Bonchev–Trinajstić information content (AvgIpc) is 2.50. The number of hydrogen-bond acceptors (Lipinski definition) is 2. The Kier molecular flexibility index (Phi) is 4.99. The van der Waals surface area contributed by atoms with Crippen molar-refractivity contribution in [2.45, 2.75) is 46.1 Å². The minimum Gasteiger partial charge on any atom is -0.478 e.